The number of hydrogen-bond acceptors (Lipinski definition) is 1. The number of carboxylic acid groups (broad SMARTS) is 1. The molecule has 0 bridgehead atoms. The third-order valence-corrected chi connectivity index (χ3v) is 4.41. The third kappa shape index (κ3) is 0.540. The molecule has 3 fully saturated rings. The molecule has 0 aromatic heterocycles. The Morgan fingerprint density at radius 1 is 1.33 bits per heavy atom. The van der Waals surface area contributed by atoms with E-state index in [1.807, 2.05) is 0 Å². The van der Waals surface area contributed by atoms with Crippen molar-refractivity contribution in [2.75, 3.05) is 0 Å². The van der Waals surface area contributed by atoms with Gasteiger partial charge >= 0.3 is 5.97 Å². The minimum atomic E-state index is -0.496. The zero-order valence-electron chi connectivity index (χ0n) is 7.18. The van der Waals surface area contributed by atoms with Crippen LogP contribution in [0, 0.1) is 16.7 Å². The molecular formula is C10H14O2. The van der Waals surface area contributed by atoms with E-state index >= 15 is 0 Å². The Kier molecular flexibility index (Phi) is 0.984. The second-order valence-electron chi connectivity index (χ2n) is 4.86. The van der Waals surface area contributed by atoms with Gasteiger partial charge in [0.15, 0.2) is 0 Å². The molecule has 0 aliphatic heterocycles. The van der Waals surface area contributed by atoms with Crippen LogP contribution in [0.2, 0.25) is 0 Å². The smallest absolute Gasteiger partial charge is 0.310 e. The minimum absolute atomic E-state index is 0.231. The quantitative estimate of drug-likeness (QED) is 0.681. The molecule has 0 heterocycles. The summed E-state index contributed by atoms with van der Waals surface area (Å²) in [6.07, 6.45) is 7.00. The van der Waals surface area contributed by atoms with E-state index in [1.165, 1.54) is 32.1 Å². The van der Waals surface area contributed by atoms with Crippen molar-refractivity contribution in [3.63, 3.8) is 0 Å². The number of carboxylic acids is 1. The second kappa shape index (κ2) is 1.70. The normalized spacial score (nSPS) is 42.3. The first-order valence-electron chi connectivity index (χ1n) is 4.95. The highest BCUT2D eigenvalue weighted by Gasteiger charge is 2.78. The van der Waals surface area contributed by atoms with Gasteiger partial charge in [-0.25, -0.2) is 0 Å². The van der Waals surface area contributed by atoms with Crippen molar-refractivity contribution in [2.24, 2.45) is 16.7 Å². The van der Waals surface area contributed by atoms with Crippen molar-refractivity contribution in [1.29, 1.82) is 0 Å². The molecule has 12 heavy (non-hydrogen) atoms. The van der Waals surface area contributed by atoms with Crippen LogP contribution >= 0.6 is 0 Å². The Morgan fingerprint density at radius 2 is 2.00 bits per heavy atom. The minimum Gasteiger partial charge on any atom is -0.481 e. The van der Waals surface area contributed by atoms with Crippen LogP contribution in [-0.4, -0.2) is 11.1 Å². The predicted molar refractivity (Wildman–Crippen MR) is 43.7 cm³/mol. The van der Waals surface area contributed by atoms with Crippen molar-refractivity contribution in [1.82, 2.24) is 0 Å². The highest BCUT2D eigenvalue weighted by atomic mass is 16.4. The first-order chi connectivity index (χ1) is 5.71. The summed E-state index contributed by atoms with van der Waals surface area (Å²) >= 11 is 0. The van der Waals surface area contributed by atoms with Gasteiger partial charge in [-0.2, -0.15) is 0 Å². The maximum atomic E-state index is 11.2. The first-order valence-corrected chi connectivity index (χ1v) is 4.95. The van der Waals surface area contributed by atoms with Gasteiger partial charge in [-0.3, -0.25) is 4.79 Å². The van der Waals surface area contributed by atoms with Gasteiger partial charge in [-0.1, -0.05) is 6.42 Å². The lowest BCUT2D eigenvalue weighted by Crippen LogP contribution is -2.30. The predicted octanol–water partition coefficient (Wildman–Crippen LogP) is 2.04. The Labute approximate surface area is 72.0 Å². The summed E-state index contributed by atoms with van der Waals surface area (Å²) in [7, 11) is 0. The lowest BCUT2D eigenvalue weighted by Gasteiger charge is -2.30. The number of hydrogen-bond donors (Lipinski definition) is 1. The highest BCUT2D eigenvalue weighted by Crippen LogP contribution is 2.80. The number of carbonyl (C=O) groups is 1. The Morgan fingerprint density at radius 3 is 2.25 bits per heavy atom. The van der Waals surface area contributed by atoms with E-state index < -0.39 is 5.97 Å². The molecule has 1 atom stereocenters. The summed E-state index contributed by atoms with van der Waals surface area (Å²) in [5, 5.41) is 9.21. The Bertz CT molecular complexity index is 251. The fraction of sp³-hybridized carbons (Fsp3) is 0.900. The molecule has 0 radical (unpaired) electrons. The third-order valence-electron chi connectivity index (χ3n) is 4.41. The van der Waals surface area contributed by atoms with Crippen LogP contribution in [0.1, 0.15) is 38.5 Å². The van der Waals surface area contributed by atoms with Crippen molar-refractivity contribution >= 4 is 5.97 Å². The van der Waals surface area contributed by atoms with Crippen LogP contribution in [0.15, 0.2) is 0 Å². The van der Waals surface area contributed by atoms with Crippen LogP contribution in [-0.2, 0) is 4.79 Å². The topological polar surface area (TPSA) is 37.3 Å². The molecule has 1 spiro atoms. The summed E-state index contributed by atoms with van der Waals surface area (Å²) in [6.45, 7) is 0. The van der Waals surface area contributed by atoms with Crippen molar-refractivity contribution in [3.05, 3.63) is 0 Å². The highest BCUT2D eigenvalue weighted by molar-refractivity contribution is 5.81. The van der Waals surface area contributed by atoms with Crippen LogP contribution in [0.4, 0.5) is 0 Å². The van der Waals surface area contributed by atoms with E-state index in [0.717, 1.165) is 6.42 Å². The van der Waals surface area contributed by atoms with Crippen molar-refractivity contribution in [2.45, 2.75) is 38.5 Å². The van der Waals surface area contributed by atoms with Gasteiger partial charge in [0, 0.05) is 0 Å². The lowest BCUT2D eigenvalue weighted by molar-refractivity contribution is -0.147. The molecule has 3 aliphatic carbocycles. The molecule has 2 heteroatoms. The average Bonchev–Trinajstić information content (AvgIpc) is 2.79. The van der Waals surface area contributed by atoms with Crippen LogP contribution in [0.3, 0.4) is 0 Å². The van der Waals surface area contributed by atoms with E-state index in [0.29, 0.717) is 11.3 Å². The SMILES string of the molecule is O=C(O)C1(C2CC2)CC12CCC2. The van der Waals surface area contributed by atoms with Gasteiger partial charge in [0.2, 0.25) is 0 Å². The largest absolute Gasteiger partial charge is 0.481 e. The summed E-state index contributed by atoms with van der Waals surface area (Å²) in [6, 6.07) is 0. The molecule has 1 N–H and O–H groups in total. The molecule has 0 amide bonds. The van der Waals surface area contributed by atoms with Gasteiger partial charge in [-0.05, 0) is 43.4 Å². The molecule has 3 rings (SSSR count). The van der Waals surface area contributed by atoms with Crippen LogP contribution in [0.5, 0.6) is 0 Å². The number of rotatable bonds is 2. The second-order valence-corrected chi connectivity index (χ2v) is 4.86. The van der Waals surface area contributed by atoms with E-state index in [9.17, 15) is 9.90 Å². The van der Waals surface area contributed by atoms with E-state index in [2.05, 4.69) is 0 Å². The average molecular weight is 166 g/mol. The van der Waals surface area contributed by atoms with E-state index in [4.69, 9.17) is 0 Å². The Balaban J connectivity index is 1.91. The molecule has 0 aromatic carbocycles. The fourth-order valence-corrected chi connectivity index (χ4v) is 3.35. The maximum absolute atomic E-state index is 11.2. The van der Waals surface area contributed by atoms with Crippen molar-refractivity contribution < 1.29 is 9.90 Å². The first kappa shape index (κ1) is 6.93. The molecular weight excluding hydrogens is 152 g/mol. The van der Waals surface area contributed by atoms with Crippen molar-refractivity contribution in [3.8, 4) is 0 Å². The van der Waals surface area contributed by atoms with Gasteiger partial charge in [-0.15, -0.1) is 0 Å². The van der Waals surface area contributed by atoms with Gasteiger partial charge in [0.1, 0.15) is 0 Å². The fourth-order valence-electron chi connectivity index (χ4n) is 3.35. The summed E-state index contributed by atoms with van der Waals surface area (Å²) in [5.41, 5.74) is 0.0608. The molecule has 1 unspecified atom stereocenters. The molecule has 3 saturated carbocycles. The van der Waals surface area contributed by atoms with Gasteiger partial charge < -0.3 is 5.11 Å². The monoisotopic (exact) mass is 166 g/mol. The van der Waals surface area contributed by atoms with Crippen LogP contribution in [0.25, 0.3) is 0 Å². The summed E-state index contributed by atoms with van der Waals surface area (Å²) < 4.78 is 0. The van der Waals surface area contributed by atoms with Gasteiger partial charge in [0.25, 0.3) is 0 Å². The van der Waals surface area contributed by atoms with E-state index in [-0.39, 0.29) is 5.41 Å². The summed E-state index contributed by atoms with van der Waals surface area (Å²) in [5.74, 6) is 0.0556. The summed E-state index contributed by atoms with van der Waals surface area (Å²) in [4.78, 5) is 11.2. The zero-order chi connectivity index (χ0) is 8.40. The lowest BCUT2D eigenvalue weighted by atomic mass is 9.73. The van der Waals surface area contributed by atoms with E-state index in [1.54, 1.807) is 0 Å². The standard InChI is InChI=1S/C10H14O2/c11-8(12)10(7-2-3-7)6-9(10)4-1-5-9/h7H,1-6H2,(H,11,12). The molecule has 2 nitrogen and oxygen atoms in total. The number of aliphatic carboxylic acids is 1. The maximum Gasteiger partial charge on any atom is 0.310 e. The molecule has 66 valence electrons. The Hall–Kier alpha value is -0.530. The molecule has 0 aromatic rings. The molecule has 0 saturated heterocycles. The molecule has 3 aliphatic rings. The van der Waals surface area contributed by atoms with Crippen LogP contribution < -0.4 is 0 Å². The zero-order valence-corrected chi connectivity index (χ0v) is 7.18. The van der Waals surface area contributed by atoms with Gasteiger partial charge in [0.05, 0.1) is 5.41 Å².